The minimum Gasteiger partial charge on any atom is -0.497 e. The quantitative estimate of drug-likeness (QED) is 0.212. The zero-order chi connectivity index (χ0) is 24.1. The maximum atomic E-state index is 13.4. The Hall–Kier alpha value is -3.46. The first-order chi connectivity index (χ1) is 16.3. The third-order valence-corrected chi connectivity index (χ3v) is 5.91. The lowest BCUT2D eigenvalue weighted by atomic mass is 10.1. The number of hydrogen-bond donors (Lipinski definition) is 0. The van der Waals surface area contributed by atoms with E-state index < -0.39 is 11.7 Å². The lowest BCUT2D eigenvalue weighted by Gasteiger charge is -2.13. The summed E-state index contributed by atoms with van der Waals surface area (Å²) in [4.78, 5) is 0. The number of alkyl halides is 3. The Balaban J connectivity index is 1.62. The molecule has 176 valence electrons. The summed E-state index contributed by atoms with van der Waals surface area (Å²) in [6.45, 7) is 2.40. The molecule has 0 unspecified atom stereocenters. The Labute approximate surface area is 199 Å². The summed E-state index contributed by atoms with van der Waals surface area (Å²) in [5, 5.41) is 9.02. The Bertz CT molecular complexity index is 1240. The molecule has 0 N–H and O–H groups in total. The number of ether oxygens (including phenoxy) is 2. The lowest BCUT2D eigenvalue weighted by molar-refractivity contribution is -0.137. The van der Waals surface area contributed by atoms with E-state index >= 15 is 0 Å². The number of methoxy groups -OCH3 is 1. The zero-order valence-corrected chi connectivity index (χ0v) is 19.4. The predicted molar refractivity (Wildman–Crippen MR) is 126 cm³/mol. The van der Waals surface area contributed by atoms with Gasteiger partial charge in [0.1, 0.15) is 11.5 Å². The van der Waals surface area contributed by atoms with Crippen LogP contribution in [0.3, 0.4) is 0 Å². The minimum absolute atomic E-state index is 0.326. The molecule has 0 aliphatic rings. The average Bonchev–Trinajstić information content (AvgIpc) is 3.26. The first-order valence-electron chi connectivity index (χ1n) is 10.4. The number of aryl methyl sites for hydroxylation is 1. The van der Waals surface area contributed by atoms with Crippen molar-refractivity contribution in [3.63, 3.8) is 0 Å². The fourth-order valence-corrected chi connectivity index (χ4v) is 4.04. The summed E-state index contributed by atoms with van der Waals surface area (Å²) in [5.41, 5.74) is 1.43. The van der Waals surface area contributed by atoms with Crippen molar-refractivity contribution in [1.29, 1.82) is 0 Å². The summed E-state index contributed by atoms with van der Waals surface area (Å²) in [6, 6.07) is 20.0. The van der Waals surface area contributed by atoms with Crippen LogP contribution in [0.5, 0.6) is 11.5 Å². The van der Waals surface area contributed by atoms with Gasteiger partial charge in [-0.25, -0.2) is 0 Å². The van der Waals surface area contributed by atoms with Crippen molar-refractivity contribution < 1.29 is 22.6 Å². The van der Waals surface area contributed by atoms with Crippen LogP contribution in [0.25, 0.3) is 17.1 Å². The zero-order valence-electron chi connectivity index (χ0n) is 18.5. The minimum atomic E-state index is -4.46. The number of benzene rings is 3. The van der Waals surface area contributed by atoms with E-state index in [0.717, 1.165) is 23.4 Å². The first-order valence-corrected chi connectivity index (χ1v) is 11.4. The Kier molecular flexibility index (Phi) is 7.12. The van der Waals surface area contributed by atoms with Gasteiger partial charge in [0.25, 0.3) is 0 Å². The van der Waals surface area contributed by atoms with Crippen LogP contribution in [0.4, 0.5) is 13.2 Å². The van der Waals surface area contributed by atoms with Crippen molar-refractivity contribution >= 4 is 11.8 Å². The largest absolute Gasteiger partial charge is 0.497 e. The van der Waals surface area contributed by atoms with Crippen molar-refractivity contribution in [2.75, 3.05) is 19.5 Å². The molecular formula is C25H22F3N3O2S. The summed E-state index contributed by atoms with van der Waals surface area (Å²) >= 11 is 1.36. The maximum absolute atomic E-state index is 13.4. The highest BCUT2D eigenvalue weighted by molar-refractivity contribution is 7.99. The fraction of sp³-hybridized carbons (Fsp3) is 0.200. The molecule has 4 aromatic rings. The Morgan fingerprint density at radius 3 is 2.29 bits per heavy atom. The predicted octanol–water partition coefficient (Wildman–Crippen LogP) is 6.44. The average molecular weight is 486 g/mol. The topological polar surface area (TPSA) is 49.2 Å². The Morgan fingerprint density at radius 2 is 1.62 bits per heavy atom. The van der Waals surface area contributed by atoms with Gasteiger partial charge in [-0.1, -0.05) is 35.5 Å². The highest BCUT2D eigenvalue weighted by atomic mass is 32.2. The van der Waals surface area contributed by atoms with E-state index in [0.29, 0.717) is 40.3 Å². The van der Waals surface area contributed by atoms with Gasteiger partial charge in [-0.3, -0.25) is 4.57 Å². The molecule has 1 heterocycles. The third-order valence-electron chi connectivity index (χ3n) is 5.02. The van der Waals surface area contributed by atoms with Crippen LogP contribution >= 0.6 is 11.8 Å². The molecule has 0 saturated heterocycles. The van der Waals surface area contributed by atoms with Gasteiger partial charge in [0, 0.05) is 11.3 Å². The number of thioether (sulfide) groups is 1. The van der Waals surface area contributed by atoms with Crippen molar-refractivity contribution in [2.24, 2.45) is 0 Å². The molecule has 0 saturated carbocycles. The molecule has 0 fully saturated rings. The van der Waals surface area contributed by atoms with Gasteiger partial charge in [-0.2, -0.15) is 13.2 Å². The van der Waals surface area contributed by atoms with Crippen molar-refractivity contribution in [3.8, 4) is 28.6 Å². The number of aromatic nitrogens is 3. The molecule has 0 atom stereocenters. The second-order valence-corrected chi connectivity index (χ2v) is 8.49. The van der Waals surface area contributed by atoms with Gasteiger partial charge in [0.15, 0.2) is 11.0 Å². The number of nitrogens with zero attached hydrogens (tertiary/aromatic N) is 3. The van der Waals surface area contributed by atoms with Gasteiger partial charge < -0.3 is 9.47 Å². The monoisotopic (exact) mass is 485 g/mol. The molecular weight excluding hydrogens is 463 g/mol. The second kappa shape index (κ2) is 10.2. The van der Waals surface area contributed by atoms with E-state index in [-0.39, 0.29) is 0 Å². The van der Waals surface area contributed by atoms with Crippen molar-refractivity contribution in [1.82, 2.24) is 14.8 Å². The molecule has 34 heavy (non-hydrogen) atoms. The fourth-order valence-electron chi connectivity index (χ4n) is 3.27. The standard InChI is InChI=1S/C25H22F3N3O2S/c1-17-6-10-22(11-7-17)33-14-15-34-24-30-29-23(18-8-12-21(32-2)13-9-18)31(24)20-5-3-4-19(16-20)25(26,27)28/h3-13,16H,14-15H2,1-2H3. The van der Waals surface area contributed by atoms with Gasteiger partial charge in [-0.15, -0.1) is 10.2 Å². The highest BCUT2D eigenvalue weighted by Crippen LogP contribution is 2.33. The van der Waals surface area contributed by atoms with Gasteiger partial charge in [-0.05, 0) is 61.5 Å². The van der Waals surface area contributed by atoms with Crippen molar-refractivity contribution in [3.05, 3.63) is 83.9 Å². The number of rotatable bonds is 8. The highest BCUT2D eigenvalue weighted by Gasteiger charge is 2.31. The van der Waals surface area contributed by atoms with Gasteiger partial charge >= 0.3 is 6.18 Å². The van der Waals surface area contributed by atoms with E-state index in [1.54, 1.807) is 42.0 Å². The molecule has 0 amide bonds. The normalized spacial score (nSPS) is 11.4. The maximum Gasteiger partial charge on any atom is 0.416 e. The smallest absolute Gasteiger partial charge is 0.416 e. The van der Waals surface area contributed by atoms with Crippen LogP contribution < -0.4 is 9.47 Å². The lowest BCUT2D eigenvalue weighted by Crippen LogP contribution is -2.07. The summed E-state index contributed by atoms with van der Waals surface area (Å²) < 4.78 is 52.7. The molecule has 0 bridgehead atoms. The molecule has 1 aromatic heterocycles. The third kappa shape index (κ3) is 5.53. The van der Waals surface area contributed by atoms with E-state index in [1.807, 2.05) is 31.2 Å². The van der Waals surface area contributed by atoms with E-state index in [2.05, 4.69) is 10.2 Å². The molecule has 9 heteroatoms. The first kappa shape index (κ1) is 23.7. The molecule has 4 rings (SSSR count). The van der Waals surface area contributed by atoms with Crippen LogP contribution in [0.2, 0.25) is 0 Å². The summed E-state index contributed by atoms with van der Waals surface area (Å²) in [6.07, 6.45) is -4.46. The van der Waals surface area contributed by atoms with Crippen LogP contribution in [-0.4, -0.2) is 34.2 Å². The molecule has 3 aromatic carbocycles. The summed E-state index contributed by atoms with van der Waals surface area (Å²) in [7, 11) is 1.56. The summed E-state index contributed by atoms with van der Waals surface area (Å²) in [5.74, 6) is 2.39. The van der Waals surface area contributed by atoms with Crippen LogP contribution in [0.1, 0.15) is 11.1 Å². The Morgan fingerprint density at radius 1 is 0.912 bits per heavy atom. The molecule has 0 radical (unpaired) electrons. The van der Waals surface area contributed by atoms with Crippen LogP contribution in [-0.2, 0) is 6.18 Å². The molecule has 0 spiro atoms. The SMILES string of the molecule is COc1ccc(-c2nnc(SCCOc3ccc(C)cc3)n2-c2cccc(C(F)(F)F)c2)cc1. The second-order valence-electron chi connectivity index (χ2n) is 7.43. The van der Waals surface area contributed by atoms with Crippen molar-refractivity contribution in [2.45, 2.75) is 18.3 Å². The van der Waals surface area contributed by atoms with E-state index in [9.17, 15) is 13.2 Å². The number of halogens is 3. The van der Waals surface area contributed by atoms with E-state index in [4.69, 9.17) is 9.47 Å². The van der Waals surface area contributed by atoms with E-state index in [1.165, 1.54) is 17.8 Å². The molecule has 0 aliphatic heterocycles. The van der Waals surface area contributed by atoms with Gasteiger partial charge in [0.2, 0.25) is 0 Å². The van der Waals surface area contributed by atoms with Crippen LogP contribution in [0, 0.1) is 6.92 Å². The molecule has 5 nitrogen and oxygen atoms in total. The molecule has 0 aliphatic carbocycles. The number of hydrogen-bond acceptors (Lipinski definition) is 5. The van der Waals surface area contributed by atoms with Gasteiger partial charge in [0.05, 0.1) is 25.0 Å². The van der Waals surface area contributed by atoms with Crippen LogP contribution in [0.15, 0.2) is 78.0 Å².